The number of hydrogen-bond donors (Lipinski definition) is 1. The lowest BCUT2D eigenvalue weighted by Crippen LogP contribution is -2.23. The van der Waals surface area contributed by atoms with Crippen molar-refractivity contribution >= 4 is 28.3 Å². The summed E-state index contributed by atoms with van der Waals surface area (Å²) in [5.41, 5.74) is 7.36. The fourth-order valence-corrected chi connectivity index (χ4v) is 4.58. The first-order chi connectivity index (χ1) is 15.3. The van der Waals surface area contributed by atoms with Gasteiger partial charge in [-0.25, -0.2) is 14.6 Å². The first-order valence-electron chi connectivity index (χ1n) is 10.9. The Morgan fingerprint density at radius 1 is 1.12 bits per heavy atom. The van der Waals surface area contributed by atoms with Crippen LogP contribution in [0.2, 0.25) is 0 Å². The molecule has 3 heterocycles. The van der Waals surface area contributed by atoms with E-state index < -0.39 is 0 Å². The number of hydrogen-bond acceptors (Lipinski definition) is 5. The summed E-state index contributed by atoms with van der Waals surface area (Å²) >= 11 is 1.65. The van der Waals surface area contributed by atoms with E-state index in [1.165, 1.54) is 5.56 Å². The minimum Gasteiger partial charge on any atom is -0.352 e. The van der Waals surface area contributed by atoms with Crippen LogP contribution in [0.5, 0.6) is 0 Å². The van der Waals surface area contributed by atoms with Gasteiger partial charge in [0, 0.05) is 41.0 Å². The summed E-state index contributed by atoms with van der Waals surface area (Å²) in [6, 6.07) is 8.46. The highest BCUT2D eigenvalue weighted by atomic mass is 32.1. The number of pyridine rings is 1. The van der Waals surface area contributed by atoms with Crippen LogP contribution in [0.4, 0.5) is 0 Å². The maximum atomic E-state index is 12.5. The van der Waals surface area contributed by atoms with E-state index in [2.05, 4.69) is 53.7 Å². The van der Waals surface area contributed by atoms with Crippen LogP contribution in [-0.2, 0) is 17.8 Å². The van der Waals surface area contributed by atoms with E-state index in [0.29, 0.717) is 19.4 Å². The summed E-state index contributed by atoms with van der Waals surface area (Å²) in [4.78, 5) is 21.8. The van der Waals surface area contributed by atoms with Crippen LogP contribution < -0.4 is 5.32 Å². The summed E-state index contributed by atoms with van der Waals surface area (Å²) < 4.78 is 1.95. The highest BCUT2D eigenvalue weighted by Gasteiger charge is 2.15. The average molecular weight is 448 g/mol. The predicted octanol–water partition coefficient (Wildman–Crippen LogP) is 5.31. The Balaban J connectivity index is 1.36. The van der Waals surface area contributed by atoms with Crippen LogP contribution in [-0.4, -0.2) is 25.7 Å². The van der Waals surface area contributed by atoms with Gasteiger partial charge in [-0.05, 0) is 57.7 Å². The molecule has 0 atom stereocenters. The van der Waals surface area contributed by atoms with Crippen molar-refractivity contribution in [3.05, 3.63) is 63.2 Å². The number of aryl methyl sites for hydroxylation is 3. The van der Waals surface area contributed by atoms with Crippen molar-refractivity contribution in [1.82, 2.24) is 25.1 Å². The van der Waals surface area contributed by atoms with Crippen molar-refractivity contribution in [2.75, 3.05) is 0 Å². The molecule has 1 aromatic carbocycles. The average Bonchev–Trinajstić information content (AvgIpc) is 3.39. The molecule has 0 aliphatic rings. The summed E-state index contributed by atoms with van der Waals surface area (Å²) in [7, 11) is 0. The van der Waals surface area contributed by atoms with E-state index in [-0.39, 0.29) is 11.9 Å². The monoisotopic (exact) mass is 447 g/mol. The molecule has 0 bridgehead atoms. The second kappa shape index (κ2) is 9.20. The van der Waals surface area contributed by atoms with Gasteiger partial charge in [-0.15, -0.1) is 11.3 Å². The normalized spacial score (nSPS) is 11.4. The quantitative estimate of drug-likeness (QED) is 0.417. The molecule has 7 heteroatoms. The topological polar surface area (TPSA) is 72.7 Å². The van der Waals surface area contributed by atoms with Crippen LogP contribution in [0.15, 0.2) is 35.8 Å². The third-order valence-corrected chi connectivity index (χ3v) is 6.56. The van der Waals surface area contributed by atoms with E-state index in [0.717, 1.165) is 44.1 Å². The number of nitrogens with one attached hydrogen (secondary N) is 1. The fraction of sp³-hybridized carbons (Fsp3) is 0.360. The van der Waals surface area contributed by atoms with Crippen LogP contribution in [0.3, 0.4) is 0 Å². The van der Waals surface area contributed by atoms with Gasteiger partial charge >= 0.3 is 0 Å². The number of carbonyl (C=O) groups excluding carboxylic acids is 1. The molecular formula is C25H29N5OS. The molecule has 4 aromatic rings. The third-order valence-electron chi connectivity index (χ3n) is 5.79. The van der Waals surface area contributed by atoms with Crippen LogP contribution >= 0.6 is 11.3 Å². The highest BCUT2D eigenvalue weighted by Crippen LogP contribution is 2.25. The van der Waals surface area contributed by atoms with Crippen molar-refractivity contribution in [3.63, 3.8) is 0 Å². The molecule has 0 spiro atoms. The minimum absolute atomic E-state index is 0.0426. The van der Waals surface area contributed by atoms with Crippen LogP contribution in [0.1, 0.15) is 53.7 Å². The Morgan fingerprint density at radius 2 is 1.88 bits per heavy atom. The summed E-state index contributed by atoms with van der Waals surface area (Å²) in [6.07, 6.45) is 2.99. The van der Waals surface area contributed by atoms with E-state index in [4.69, 9.17) is 4.98 Å². The Kier molecular flexibility index (Phi) is 6.37. The summed E-state index contributed by atoms with van der Waals surface area (Å²) in [5, 5.41) is 11.7. The van der Waals surface area contributed by atoms with Crippen molar-refractivity contribution in [2.24, 2.45) is 0 Å². The smallest absolute Gasteiger partial charge is 0.220 e. The number of aromatic nitrogens is 4. The van der Waals surface area contributed by atoms with Crippen molar-refractivity contribution in [3.8, 4) is 11.3 Å². The zero-order valence-electron chi connectivity index (χ0n) is 19.3. The lowest BCUT2D eigenvalue weighted by molar-refractivity contribution is -0.121. The number of benzene rings is 1. The third kappa shape index (κ3) is 4.58. The Labute approximate surface area is 192 Å². The number of thiazole rings is 1. The van der Waals surface area contributed by atoms with Gasteiger partial charge in [0.2, 0.25) is 5.91 Å². The lowest BCUT2D eigenvalue weighted by atomic mass is 10.0. The molecule has 6 nitrogen and oxygen atoms in total. The SMILES string of the molecule is Cc1nc(-c2ccc(CNC(=O)CCc3c(C)nc4c(cnn4C(C)C)c3C)cc2)cs1. The highest BCUT2D eigenvalue weighted by molar-refractivity contribution is 7.09. The molecule has 32 heavy (non-hydrogen) atoms. The molecule has 0 aliphatic heterocycles. The van der Waals surface area contributed by atoms with Crippen LogP contribution in [0.25, 0.3) is 22.3 Å². The molecule has 0 saturated carbocycles. The number of rotatable bonds is 7. The maximum absolute atomic E-state index is 12.5. The first kappa shape index (κ1) is 22.1. The molecular weight excluding hydrogens is 418 g/mol. The number of nitrogens with zero attached hydrogens (tertiary/aromatic N) is 4. The van der Waals surface area contributed by atoms with E-state index in [9.17, 15) is 4.79 Å². The summed E-state index contributed by atoms with van der Waals surface area (Å²) in [6.45, 7) is 10.8. The second-order valence-corrected chi connectivity index (χ2v) is 9.51. The molecule has 0 fully saturated rings. The molecule has 1 amide bonds. The molecule has 4 rings (SSSR count). The van der Waals surface area contributed by atoms with Gasteiger partial charge < -0.3 is 5.32 Å². The van der Waals surface area contributed by atoms with Crippen molar-refractivity contribution < 1.29 is 4.79 Å². The van der Waals surface area contributed by atoms with E-state index >= 15 is 0 Å². The maximum Gasteiger partial charge on any atom is 0.220 e. The van der Waals surface area contributed by atoms with Crippen LogP contribution in [0, 0.1) is 20.8 Å². The van der Waals surface area contributed by atoms with Gasteiger partial charge in [-0.3, -0.25) is 4.79 Å². The zero-order chi connectivity index (χ0) is 22.8. The molecule has 0 aliphatic carbocycles. The predicted molar refractivity (Wildman–Crippen MR) is 130 cm³/mol. The Morgan fingerprint density at radius 3 is 2.53 bits per heavy atom. The molecule has 1 N–H and O–H groups in total. The zero-order valence-corrected chi connectivity index (χ0v) is 20.1. The van der Waals surface area contributed by atoms with Gasteiger partial charge in [0.1, 0.15) is 0 Å². The Hall–Kier alpha value is -3.06. The second-order valence-electron chi connectivity index (χ2n) is 8.45. The van der Waals surface area contributed by atoms with Gasteiger partial charge in [0.25, 0.3) is 0 Å². The number of carbonyl (C=O) groups is 1. The number of amides is 1. The molecule has 0 radical (unpaired) electrons. The van der Waals surface area contributed by atoms with Crippen molar-refractivity contribution in [1.29, 1.82) is 0 Å². The molecule has 3 aromatic heterocycles. The van der Waals surface area contributed by atoms with Gasteiger partial charge in [-0.1, -0.05) is 24.3 Å². The largest absolute Gasteiger partial charge is 0.352 e. The Bertz CT molecular complexity index is 1250. The number of fused-ring (bicyclic) bond motifs is 1. The fourth-order valence-electron chi connectivity index (χ4n) is 3.96. The van der Waals surface area contributed by atoms with Crippen molar-refractivity contribution in [2.45, 2.75) is 60.0 Å². The summed E-state index contributed by atoms with van der Waals surface area (Å²) in [5.74, 6) is 0.0426. The first-order valence-corrected chi connectivity index (χ1v) is 11.8. The molecule has 0 saturated heterocycles. The van der Waals surface area contributed by atoms with Gasteiger partial charge in [0.15, 0.2) is 5.65 Å². The van der Waals surface area contributed by atoms with E-state index in [1.807, 2.05) is 36.9 Å². The van der Waals surface area contributed by atoms with Gasteiger partial charge in [-0.2, -0.15) is 5.10 Å². The van der Waals surface area contributed by atoms with Gasteiger partial charge in [0.05, 0.1) is 16.9 Å². The lowest BCUT2D eigenvalue weighted by Gasteiger charge is -2.13. The minimum atomic E-state index is 0.0426. The molecule has 0 unspecified atom stereocenters. The van der Waals surface area contributed by atoms with E-state index in [1.54, 1.807) is 11.3 Å². The standard InChI is InChI=1S/C25H29N5OS/c1-15(2)30-25-22(13-27-30)16(3)21(17(4)28-25)10-11-24(31)26-12-19-6-8-20(9-7-19)23-14-32-18(5)29-23/h6-9,13-15H,10-12H2,1-5H3,(H,26,31). The molecule has 166 valence electrons.